The van der Waals surface area contributed by atoms with E-state index in [0.717, 1.165) is 9.29 Å². The van der Waals surface area contributed by atoms with Crippen LogP contribution in [-0.2, 0) is 6.54 Å². The summed E-state index contributed by atoms with van der Waals surface area (Å²) in [5.74, 6) is -0.556. The molecule has 0 aliphatic carbocycles. The second-order valence-electron chi connectivity index (χ2n) is 4.66. The van der Waals surface area contributed by atoms with Gasteiger partial charge < -0.3 is 5.32 Å². The van der Waals surface area contributed by atoms with Gasteiger partial charge in [-0.05, 0) is 40.3 Å². The van der Waals surface area contributed by atoms with E-state index < -0.39 is 0 Å². The molecule has 20 heavy (non-hydrogen) atoms. The van der Waals surface area contributed by atoms with Crippen molar-refractivity contribution in [3.8, 4) is 0 Å². The number of benzene rings is 1. The van der Waals surface area contributed by atoms with Crippen molar-refractivity contribution in [2.45, 2.75) is 19.1 Å². The van der Waals surface area contributed by atoms with Crippen LogP contribution in [0.15, 0.2) is 53.0 Å². The smallest absolute Gasteiger partial charge is 0.138 e. The summed E-state index contributed by atoms with van der Waals surface area (Å²) in [5.41, 5.74) is 1.47. The summed E-state index contributed by atoms with van der Waals surface area (Å²) < 4.78 is 27.9. The first-order valence-corrected chi connectivity index (χ1v) is 7.26. The predicted octanol–water partition coefficient (Wildman–Crippen LogP) is 3.45. The van der Waals surface area contributed by atoms with Crippen LogP contribution in [-0.4, -0.2) is 14.9 Å². The molecule has 0 aromatic heterocycles. The van der Waals surface area contributed by atoms with Crippen molar-refractivity contribution in [2.24, 2.45) is 5.10 Å². The van der Waals surface area contributed by atoms with Crippen LogP contribution >= 0.6 is 22.6 Å². The average Bonchev–Trinajstić information content (AvgIpc) is 2.40. The van der Waals surface area contributed by atoms with E-state index in [1.807, 2.05) is 0 Å². The summed E-state index contributed by atoms with van der Waals surface area (Å²) in [4.78, 5) is 0. The Morgan fingerprint density at radius 2 is 2.15 bits per heavy atom. The molecule has 2 aliphatic heterocycles. The molecule has 2 aliphatic rings. The second kappa shape index (κ2) is 5.51. The number of fused-ring (bicyclic) bond motifs is 1. The number of halogens is 3. The Kier molecular flexibility index (Phi) is 3.73. The quantitative estimate of drug-likeness (QED) is 0.788. The van der Waals surface area contributed by atoms with Gasteiger partial charge in [-0.3, -0.25) is 5.01 Å². The molecule has 1 unspecified atom stereocenters. The maximum atomic E-state index is 13.7. The molecule has 1 atom stereocenters. The first-order chi connectivity index (χ1) is 9.63. The molecular formula is C14H12F2IN3. The van der Waals surface area contributed by atoms with Crippen LogP contribution in [0.4, 0.5) is 8.78 Å². The normalized spacial score (nSPS) is 21.4. The van der Waals surface area contributed by atoms with Crippen LogP contribution in [0.2, 0.25) is 0 Å². The summed E-state index contributed by atoms with van der Waals surface area (Å²) in [5, 5.41) is 9.16. The maximum absolute atomic E-state index is 13.7. The highest BCUT2D eigenvalue weighted by atomic mass is 127. The molecule has 6 heteroatoms. The highest BCUT2D eigenvalue weighted by Crippen LogP contribution is 2.28. The molecule has 0 radical (unpaired) electrons. The van der Waals surface area contributed by atoms with Crippen molar-refractivity contribution in [3.63, 3.8) is 0 Å². The van der Waals surface area contributed by atoms with E-state index in [0.29, 0.717) is 18.5 Å². The SMILES string of the molecule is FC1=CNC2C(=C1)CC(I)=NN2Cc1ccccc1F. The summed E-state index contributed by atoms with van der Waals surface area (Å²) >= 11 is 2.12. The molecule has 1 aromatic rings. The Balaban J connectivity index is 1.88. The van der Waals surface area contributed by atoms with Gasteiger partial charge >= 0.3 is 0 Å². The molecule has 0 bridgehead atoms. The number of hydrazone groups is 1. The van der Waals surface area contributed by atoms with Crippen LogP contribution in [0.3, 0.4) is 0 Å². The lowest BCUT2D eigenvalue weighted by atomic mass is 10.0. The van der Waals surface area contributed by atoms with Gasteiger partial charge in [0.1, 0.15) is 21.5 Å². The van der Waals surface area contributed by atoms with Crippen molar-refractivity contribution in [1.29, 1.82) is 0 Å². The zero-order chi connectivity index (χ0) is 14.1. The van der Waals surface area contributed by atoms with Gasteiger partial charge in [-0.15, -0.1) is 0 Å². The van der Waals surface area contributed by atoms with E-state index >= 15 is 0 Å². The zero-order valence-corrected chi connectivity index (χ0v) is 12.6. The molecule has 1 N–H and O–H groups in total. The van der Waals surface area contributed by atoms with Gasteiger partial charge in [-0.2, -0.15) is 5.10 Å². The number of nitrogens with zero attached hydrogens (tertiary/aromatic N) is 2. The Hall–Kier alpha value is -1.44. The van der Waals surface area contributed by atoms with E-state index in [9.17, 15) is 8.78 Å². The summed E-state index contributed by atoms with van der Waals surface area (Å²) in [7, 11) is 0. The van der Waals surface area contributed by atoms with E-state index in [-0.39, 0.29) is 17.8 Å². The number of nitrogens with one attached hydrogen (secondary N) is 1. The van der Waals surface area contributed by atoms with Crippen LogP contribution in [0.1, 0.15) is 12.0 Å². The van der Waals surface area contributed by atoms with Crippen molar-refractivity contribution in [1.82, 2.24) is 10.3 Å². The lowest BCUT2D eigenvalue weighted by molar-refractivity contribution is 0.190. The average molecular weight is 387 g/mol. The van der Waals surface area contributed by atoms with Crippen LogP contribution < -0.4 is 5.32 Å². The molecule has 3 nitrogen and oxygen atoms in total. The Labute approximate surface area is 129 Å². The number of hydrogen-bond donors (Lipinski definition) is 1. The zero-order valence-electron chi connectivity index (χ0n) is 10.5. The number of rotatable bonds is 2. The summed E-state index contributed by atoms with van der Waals surface area (Å²) in [6, 6.07) is 6.61. The Bertz CT molecular complexity index is 625. The van der Waals surface area contributed by atoms with Crippen molar-refractivity contribution >= 4 is 26.3 Å². The Morgan fingerprint density at radius 1 is 1.35 bits per heavy atom. The van der Waals surface area contributed by atoms with Crippen molar-refractivity contribution in [2.75, 3.05) is 0 Å². The van der Waals surface area contributed by atoms with Crippen LogP contribution in [0.5, 0.6) is 0 Å². The molecule has 0 saturated carbocycles. The van der Waals surface area contributed by atoms with Gasteiger partial charge in [-0.1, -0.05) is 18.2 Å². The largest absolute Gasteiger partial charge is 0.364 e. The predicted molar refractivity (Wildman–Crippen MR) is 82.2 cm³/mol. The second-order valence-corrected chi connectivity index (χ2v) is 5.90. The van der Waals surface area contributed by atoms with Gasteiger partial charge in [0.05, 0.1) is 6.54 Å². The Morgan fingerprint density at radius 3 is 2.95 bits per heavy atom. The molecule has 1 aromatic carbocycles. The molecule has 0 saturated heterocycles. The molecular weight excluding hydrogens is 375 g/mol. The minimum absolute atomic E-state index is 0.215. The fourth-order valence-corrected chi connectivity index (χ4v) is 3.03. The van der Waals surface area contributed by atoms with E-state index in [4.69, 9.17) is 0 Å². The molecule has 2 heterocycles. The fourth-order valence-electron chi connectivity index (χ4n) is 2.32. The monoisotopic (exact) mass is 387 g/mol. The number of hydrogen-bond acceptors (Lipinski definition) is 3. The highest BCUT2D eigenvalue weighted by Gasteiger charge is 2.29. The molecule has 0 spiro atoms. The van der Waals surface area contributed by atoms with Gasteiger partial charge in [0.25, 0.3) is 0 Å². The molecule has 0 amide bonds. The van der Waals surface area contributed by atoms with Gasteiger partial charge in [0.15, 0.2) is 0 Å². The van der Waals surface area contributed by atoms with E-state index in [1.54, 1.807) is 23.2 Å². The van der Waals surface area contributed by atoms with E-state index in [2.05, 4.69) is 33.0 Å². The van der Waals surface area contributed by atoms with Crippen LogP contribution in [0.25, 0.3) is 0 Å². The summed E-state index contributed by atoms with van der Waals surface area (Å²) in [6.07, 6.45) is 3.24. The minimum atomic E-state index is -0.298. The third kappa shape index (κ3) is 2.70. The van der Waals surface area contributed by atoms with Crippen LogP contribution in [0, 0.1) is 5.82 Å². The number of dihydropyridines is 1. The van der Waals surface area contributed by atoms with Crippen molar-refractivity contribution in [3.05, 3.63) is 59.3 Å². The minimum Gasteiger partial charge on any atom is -0.364 e. The first-order valence-electron chi connectivity index (χ1n) is 6.19. The first kappa shape index (κ1) is 13.5. The van der Waals surface area contributed by atoms with Gasteiger partial charge in [-0.25, -0.2) is 8.78 Å². The van der Waals surface area contributed by atoms with Crippen molar-refractivity contribution < 1.29 is 8.78 Å². The topological polar surface area (TPSA) is 27.6 Å². The number of allylic oxidation sites excluding steroid dienone is 2. The maximum Gasteiger partial charge on any atom is 0.138 e. The third-order valence-electron chi connectivity index (χ3n) is 3.23. The van der Waals surface area contributed by atoms with Gasteiger partial charge in [0.2, 0.25) is 0 Å². The highest BCUT2D eigenvalue weighted by molar-refractivity contribution is 14.1. The lowest BCUT2D eigenvalue weighted by Gasteiger charge is -2.36. The molecule has 3 rings (SSSR count). The standard InChI is InChI=1S/C14H12F2IN3/c15-11-5-10-6-13(17)19-20(14(10)18-7-11)8-9-3-1-2-4-12(9)16/h1-5,7,14,18H,6,8H2. The molecule has 104 valence electrons. The lowest BCUT2D eigenvalue weighted by Crippen LogP contribution is -2.46. The van der Waals surface area contributed by atoms with E-state index in [1.165, 1.54) is 18.3 Å². The fraction of sp³-hybridized carbons (Fsp3) is 0.214. The third-order valence-corrected chi connectivity index (χ3v) is 3.83. The van der Waals surface area contributed by atoms with Gasteiger partial charge in [0, 0.05) is 18.2 Å². The summed E-state index contributed by atoms with van der Waals surface area (Å²) in [6.45, 7) is 0.337. The molecule has 0 fully saturated rings.